The number of Topliss-reactive ketones (excluding diaryl/α,β-unsaturated/α-hetero) is 2. The summed E-state index contributed by atoms with van der Waals surface area (Å²) in [6.07, 6.45) is 5.14. The van der Waals surface area contributed by atoms with Crippen molar-refractivity contribution in [2.75, 3.05) is 13.7 Å². The second-order valence-corrected chi connectivity index (χ2v) is 13.2. The van der Waals surface area contributed by atoms with Crippen molar-refractivity contribution in [3.05, 3.63) is 114 Å². The number of benzene rings is 3. The van der Waals surface area contributed by atoms with Gasteiger partial charge in [0, 0.05) is 63.5 Å². The van der Waals surface area contributed by atoms with Gasteiger partial charge in [0.1, 0.15) is 6.61 Å². The van der Waals surface area contributed by atoms with Crippen molar-refractivity contribution in [1.29, 1.82) is 0 Å². The predicted molar refractivity (Wildman–Crippen MR) is 178 cm³/mol. The molecule has 0 bridgehead atoms. The van der Waals surface area contributed by atoms with Crippen LogP contribution in [0.3, 0.4) is 0 Å². The van der Waals surface area contributed by atoms with Gasteiger partial charge in [-0.1, -0.05) is 59.6 Å². The number of carbonyl (C=O) groups excluding carboxylic acids is 2. The number of rotatable bonds is 8. The van der Waals surface area contributed by atoms with Gasteiger partial charge in [0.2, 0.25) is 0 Å². The van der Waals surface area contributed by atoms with Crippen molar-refractivity contribution in [1.82, 2.24) is 4.90 Å². The maximum atomic E-state index is 13.7. The first-order chi connectivity index (χ1) is 20.9. The van der Waals surface area contributed by atoms with Gasteiger partial charge in [-0.2, -0.15) is 0 Å². The van der Waals surface area contributed by atoms with Crippen LogP contribution in [0.25, 0.3) is 0 Å². The second-order valence-electron chi connectivity index (χ2n) is 11.2. The number of methoxy groups -OCH3 is 1. The first-order valence-electron chi connectivity index (χ1n) is 14.6. The number of hydrogen-bond acceptors (Lipinski definition) is 5. The maximum Gasteiger partial charge on any atom is 0.174 e. The summed E-state index contributed by atoms with van der Waals surface area (Å²) in [6, 6.07) is 19.7. The Labute approximate surface area is 276 Å². The van der Waals surface area contributed by atoms with Gasteiger partial charge in [0.25, 0.3) is 0 Å². The van der Waals surface area contributed by atoms with E-state index in [0.29, 0.717) is 34.4 Å². The lowest BCUT2D eigenvalue weighted by atomic mass is 9.71. The Kier molecular flexibility index (Phi) is 9.17. The average Bonchev–Trinajstić information content (AvgIpc) is 3.00. The summed E-state index contributed by atoms with van der Waals surface area (Å²) in [5.74, 6) is 0.988. The minimum absolute atomic E-state index is 0.132. The topological polar surface area (TPSA) is 55.8 Å². The minimum Gasteiger partial charge on any atom is -0.493 e. The van der Waals surface area contributed by atoms with E-state index in [0.717, 1.165) is 75.9 Å². The molecule has 2 aliphatic carbocycles. The molecule has 0 unspecified atom stereocenters. The van der Waals surface area contributed by atoms with Crippen molar-refractivity contribution >= 4 is 57.4 Å². The summed E-state index contributed by atoms with van der Waals surface area (Å²) in [5, 5.41) is 1.09. The van der Waals surface area contributed by atoms with Crippen LogP contribution < -0.4 is 9.47 Å². The van der Waals surface area contributed by atoms with E-state index in [1.807, 2.05) is 24.3 Å². The molecule has 0 radical (unpaired) electrons. The fourth-order valence-corrected chi connectivity index (χ4v) is 7.78. The van der Waals surface area contributed by atoms with Crippen LogP contribution in [0.15, 0.2) is 83.2 Å². The van der Waals surface area contributed by atoms with E-state index in [9.17, 15) is 9.59 Å². The highest BCUT2D eigenvalue weighted by molar-refractivity contribution is 14.1. The zero-order valence-electron chi connectivity index (χ0n) is 23.9. The Morgan fingerprint density at radius 3 is 2.19 bits per heavy atom. The summed E-state index contributed by atoms with van der Waals surface area (Å²) >= 11 is 14.7. The van der Waals surface area contributed by atoms with Crippen LogP contribution in [0, 0.1) is 3.57 Å². The van der Waals surface area contributed by atoms with Crippen LogP contribution in [0.5, 0.6) is 11.5 Å². The fourth-order valence-electron chi connectivity index (χ4n) is 6.54. The third kappa shape index (κ3) is 6.11. The Morgan fingerprint density at radius 2 is 1.56 bits per heavy atom. The molecule has 222 valence electrons. The van der Waals surface area contributed by atoms with Gasteiger partial charge in [-0.3, -0.25) is 9.59 Å². The number of ketones is 2. The lowest BCUT2D eigenvalue weighted by molar-refractivity contribution is -0.117. The molecule has 0 spiro atoms. The lowest BCUT2D eigenvalue weighted by Crippen LogP contribution is -2.40. The molecule has 0 N–H and O–H groups in total. The maximum absolute atomic E-state index is 13.7. The molecule has 8 heteroatoms. The molecule has 43 heavy (non-hydrogen) atoms. The molecule has 0 saturated carbocycles. The van der Waals surface area contributed by atoms with Crippen LogP contribution in [0.2, 0.25) is 10.0 Å². The van der Waals surface area contributed by atoms with Gasteiger partial charge < -0.3 is 14.4 Å². The molecular weight excluding hydrogens is 696 g/mol. The summed E-state index contributed by atoms with van der Waals surface area (Å²) in [6.45, 7) is 0.985. The normalized spacial score (nSPS) is 17.3. The van der Waals surface area contributed by atoms with Crippen molar-refractivity contribution in [2.24, 2.45) is 0 Å². The Hall–Kier alpha value is -2.81. The van der Waals surface area contributed by atoms with Gasteiger partial charge >= 0.3 is 0 Å². The van der Waals surface area contributed by atoms with Gasteiger partial charge in [0.15, 0.2) is 23.1 Å². The van der Waals surface area contributed by atoms with Gasteiger partial charge in [0.05, 0.1) is 10.7 Å². The standard InChI is InChI=1S/C35H32Cl2INO4/c1-42-31-18-23(17-26(38)35(31)43-20-22-13-14-24(36)19-25(22)37)32-33-27(9-5-11-29(33)40)39(16-15-21-7-3-2-4-8-21)28-10-6-12-30(41)34(28)32/h2-4,7-8,13-14,17-19,32H,5-6,9-12,15-16,20H2,1H3. The smallest absolute Gasteiger partial charge is 0.174 e. The number of ether oxygens (including phenoxy) is 2. The van der Waals surface area contributed by atoms with Crippen molar-refractivity contribution < 1.29 is 19.1 Å². The average molecular weight is 728 g/mol. The van der Waals surface area contributed by atoms with Gasteiger partial charge in [-0.05, 0) is 90.1 Å². The number of halogens is 3. The highest BCUT2D eigenvalue weighted by Gasteiger charge is 2.43. The van der Waals surface area contributed by atoms with E-state index >= 15 is 0 Å². The van der Waals surface area contributed by atoms with Crippen LogP contribution >= 0.6 is 45.8 Å². The summed E-state index contributed by atoms with van der Waals surface area (Å²) < 4.78 is 12.9. The molecule has 0 saturated heterocycles. The molecule has 0 amide bonds. The molecule has 5 nitrogen and oxygen atoms in total. The van der Waals surface area contributed by atoms with Crippen LogP contribution in [-0.4, -0.2) is 30.1 Å². The Balaban J connectivity index is 1.40. The van der Waals surface area contributed by atoms with E-state index in [1.54, 1.807) is 19.2 Å². The fraction of sp³-hybridized carbons (Fsp3) is 0.314. The van der Waals surface area contributed by atoms with Gasteiger partial charge in [-0.15, -0.1) is 0 Å². The van der Waals surface area contributed by atoms with E-state index in [1.165, 1.54) is 5.56 Å². The molecule has 1 heterocycles. The molecule has 1 aliphatic heterocycles. The molecule has 0 aromatic heterocycles. The molecule has 3 aromatic rings. The Bertz CT molecular complexity index is 1600. The Morgan fingerprint density at radius 1 is 0.884 bits per heavy atom. The first-order valence-corrected chi connectivity index (χ1v) is 16.5. The zero-order valence-corrected chi connectivity index (χ0v) is 27.6. The third-order valence-electron chi connectivity index (χ3n) is 8.53. The van der Waals surface area contributed by atoms with E-state index in [-0.39, 0.29) is 18.2 Å². The van der Waals surface area contributed by atoms with Crippen molar-refractivity contribution in [3.8, 4) is 11.5 Å². The number of hydrogen-bond donors (Lipinski definition) is 0. The second kappa shape index (κ2) is 13.0. The first kappa shape index (κ1) is 30.2. The third-order valence-corrected chi connectivity index (χ3v) is 9.91. The summed E-state index contributed by atoms with van der Waals surface area (Å²) in [4.78, 5) is 29.8. The monoisotopic (exact) mass is 727 g/mol. The highest BCUT2D eigenvalue weighted by Crippen LogP contribution is 2.50. The highest BCUT2D eigenvalue weighted by atomic mass is 127. The molecule has 6 rings (SSSR count). The van der Waals surface area contributed by atoms with E-state index in [2.05, 4.69) is 51.8 Å². The number of carbonyl (C=O) groups is 2. The number of allylic oxidation sites excluding steroid dienone is 4. The summed E-state index contributed by atoms with van der Waals surface area (Å²) in [7, 11) is 1.61. The van der Waals surface area contributed by atoms with Crippen LogP contribution in [-0.2, 0) is 22.6 Å². The van der Waals surface area contributed by atoms with Crippen molar-refractivity contribution in [3.63, 3.8) is 0 Å². The van der Waals surface area contributed by atoms with E-state index < -0.39 is 5.92 Å². The quantitative estimate of drug-likeness (QED) is 0.217. The van der Waals surface area contributed by atoms with Crippen LogP contribution in [0.4, 0.5) is 0 Å². The molecule has 3 aliphatic rings. The lowest BCUT2D eigenvalue weighted by Gasteiger charge is -2.44. The summed E-state index contributed by atoms with van der Waals surface area (Å²) in [5.41, 5.74) is 6.63. The molecule has 0 fully saturated rings. The largest absolute Gasteiger partial charge is 0.493 e. The SMILES string of the molecule is COc1cc(C2C3=C(CCCC3=O)N(CCc3ccccc3)C3=C2C(=O)CCC3)cc(I)c1OCc1ccc(Cl)cc1Cl. The predicted octanol–water partition coefficient (Wildman–Crippen LogP) is 8.84. The number of nitrogens with zero attached hydrogens (tertiary/aromatic N) is 1. The van der Waals surface area contributed by atoms with Gasteiger partial charge in [-0.25, -0.2) is 0 Å². The zero-order chi connectivity index (χ0) is 30.1. The minimum atomic E-state index is -0.416. The molecular formula is C35H32Cl2INO4. The molecule has 0 atom stereocenters. The van der Waals surface area contributed by atoms with Crippen LogP contribution in [0.1, 0.15) is 61.1 Å². The molecule has 3 aromatic carbocycles. The van der Waals surface area contributed by atoms with E-state index in [4.69, 9.17) is 32.7 Å². The van der Waals surface area contributed by atoms with Crippen molar-refractivity contribution in [2.45, 2.75) is 57.5 Å².